The van der Waals surface area contributed by atoms with Crippen molar-refractivity contribution in [3.8, 4) is 0 Å². The molecule has 0 nitrogen and oxygen atoms in total. The highest BCUT2D eigenvalue weighted by molar-refractivity contribution is 5.51. The second kappa shape index (κ2) is 11.5. The van der Waals surface area contributed by atoms with Gasteiger partial charge in [-0.3, -0.25) is 0 Å². The number of hydrogen-bond donors (Lipinski definition) is 0. The van der Waals surface area contributed by atoms with Gasteiger partial charge in [-0.15, -0.1) is 0 Å². The lowest BCUT2D eigenvalue weighted by Crippen LogP contribution is -2.75. The summed E-state index contributed by atoms with van der Waals surface area (Å²) in [6.45, 7) is 0. The maximum absolute atomic E-state index is 2.53. The molecular weight excluding hydrogens is 673 g/mol. The fraction of sp³-hybridized carbons (Fsp3) is 0.357. The van der Waals surface area contributed by atoms with Gasteiger partial charge in [0, 0.05) is 0 Å². The highest BCUT2D eigenvalue weighted by atomic mass is 14.8. The highest BCUT2D eigenvalue weighted by Gasteiger charge is 2.79. The highest BCUT2D eigenvalue weighted by Crippen LogP contribution is 2.85. The quantitative estimate of drug-likeness (QED) is 0.154. The lowest BCUT2D eigenvalue weighted by molar-refractivity contribution is -0.236. The van der Waals surface area contributed by atoms with E-state index < -0.39 is 0 Å². The summed E-state index contributed by atoms with van der Waals surface area (Å²) in [5.41, 5.74) is 10.6. The standard InChI is InChI=1S/C56H54/c1-7-19-43(20-8-1)49-31-50(44-21-9-2-10-22-44)33-51(32-49,45-23-11-3-12-24-45)39-55(37-49,38-50)56-40-52(46-25-13-4-14-26-46)34-53(41-56,47-27-15-5-16-28-47)36-54(35-52,42-56)48-29-17-6-18-30-48/h1-30H,31-42H2. The largest absolute Gasteiger partial charge is 0.0622 e. The molecule has 6 aromatic carbocycles. The summed E-state index contributed by atoms with van der Waals surface area (Å²) in [6, 6.07) is 71.9. The Hall–Kier alpha value is -4.68. The van der Waals surface area contributed by atoms with E-state index in [9.17, 15) is 0 Å². The van der Waals surface area contributed by atoms with Crippen LogP contribution in [0.1, 0.15) is 110 Å². The van der Waals surface area contributed by atoms with Crippen molar-refractivity contribution < 1.29 is 0 Å². The van der Waals surface area contributed by atoms with Gasteiger partial charge in [0.15, 0.2) is 0 Å². The predicted molar refractivity (Wildman–Crippen MR) is 229 cm³/mol. The van der Waals surface area contributed by atoms with Crippen LogP contribution in [-0.4, -0.2) is 0 Å². The van der Waals surface area contributed by atoms with E-state index in [-0.39, 0.29) is 43.3 Å². The number of hydrogen-bond acceptors (Lipinski definition) is 0. The first-order valence-electron chi connectivity index (χ1n) is 21.7. The Labute approximate surface area is 334 Å². The zero-order valence-corrected chi connectivity index (χ0v) is 32.8. The SMILES string of the molecule is c1ccc(C23CC4(c5ccccc5)CC(c5ccccc5)(C2)CC(C25CC6(c7ccccc7)CC(c7ccccc7)(CC(c7ccccc7)(C6)C2)C5)(C3)C4)cc1. The molecule has 8 fully saturated rings. The molecule has 278 valence electrons. The van der Waals surface area contributed by atoms with Gasteiger partial charge >= 0.3 is 0 Å². The van der Waals surface area contributed by atoms with Gasteiger partial charge in [0.1, 0.15) is 0 Å². The molecular formula is C56H54. The molecule has 0 aromatic heterocycles. The molecule has 0 radical (unpaired) electrons. The summed E-state index contributed by atoms with van der Waals surface area (Å²) in [5.74, 6) is 0. The minimum Gasteiger partial charge on any atom is -0.0622 e. The van der Waals surface area contributed by atoms with Crippen molar-refractivity contribution in [3.63, 3.8) is 0 Å². The summed E-state index contributed by atoms with van der Waals surface area (Å²) < 4.78 is 0. The average Bonchev–Trinajstić information content (AvgIpc) is 3.25. The Balaban J connectivity index is 1.17. The van der Waals surface area contributed by atoms with Gasteiger partial charge in [0.05, 0.1) is 0 Å². The Kier molecular flexibility index (Phi) is 6.85. The van der Waals surface area contributed by atoms with Crippen molar-refractivity contribution in [1.29, 1.82) is 0 Å². The van der Waals surface area contributed by atoms with Gasteiger partial charge < -0.3 is 0 Å². The van der Waals surface area contributed by atoms with Crippen LogP contribution in [0, 0.1) is 10.8 Å². The third kappa shape index (κ3) is 4.48. The fourth-order valence-electron chi connectivity index (χ4n) is 17.0. The van der Waals surface area contributed by atoms with Gasteiger partial charge in [0.25, 0.3) is 0 Å². The monoisotopic (exact) mass is 726 g/mol. The molecule has 0 heteroatoms. The average molecular weight is 727 g/mol. The molecule has 6 aromatic rings. The normalized spacial score (nSPS) is 38.8. The molecule has 8 aliphatic rings. The molecule has 56 heavy (non-hydrogen) atoms. The van der Waals surface area contributed by atoms with Crippen LogP contribution in [0.2, 0.25) is 0 Å². The maximum atomic E-state index is 2.53. The third-order valence-corrected chi connectivity index (χ3v) is 17.6. The van der Waals surface area contributed by atoms with Crippen molar-refractivity contribution in [2.75, 3.05) is 0 Å². The summed E-state index contributed by atoms with van der Waals surface area (Å²) >= 11 is 0. The van der Waals surface area contributed by atoms with Crippen LogP contribution in [0.25, 0.3) is 0 Å². The maximum Gasteiger partial charge on any atom is -0.00245 e. The molecule has 0 N–H and O–H groups in total. The van der Waals surface area contributed by atoms with E-state index in [0.29, 0.717) is 0 Å². The van der Waals surface area contributed by atoms with Crippen molar-refractivity contribution in [2.45, 2.75) is 110 Å². The molecule has 14 rings (SSSR count). The first kappa shape index (κ1) is 33.5. The summed E-state index contributed by atoms with van der Waals surface area (Å²) in [6.07, 6.45) is 15.5. The van der Waals surface area contributed by atoms with Crippen LogP contribution in [0.4, 0.5) is 0 Å². The van der Waals surface area contributed by atoms with Gasteiger partial charge in [-0.2, -0.15) is 0 Å². The first-order valence-corrected chi connectivity index (χ1v) is 21.7. The second-order valence-corrected chi connectivity index (χ2v) is 20.6. The van der Waals surface area contributed by atoms with E-state index in [1.54, 1.807) is 33.4 Å². The van der Waals surface area contributed by atoms with Crippen molar-refractivity contribution >= 4 is 0 Å². The van der Waals surface area contributed by atoms with Gasteiger partial charge in [-0.05, 0) is 154 Å². The molecule has 0 saturated heterocycles. The van der Waals surface area contributed by atoms with E-state index in [2.05, 4.69) is 182 Å². The Bertz CT molecular complexity index is 1920. The van der Waals surface area contributed by atoms with Crippen LogP contribution in [0.5, 0.6) is 0 Å². The molecule has 0 amide bonds. The van der Waals surface area contributed by atoms with E-state index >= 15 is 0 Å². The third-order valence-electron chi connectivity index (χ3n) is 17.6. The van der Waals surface area contributed by atoms with Gasteiger partial charge in [-0.25, -0.2) is 0 Å². The van der Waals surface area contributed by atoms with E-state index in [1.165, 1.54) is 77.0 Å². The van der Waals surface area contributed by atoms with Crippen LogP contribution in [0.3, 0.4) is 0 Å². The molecule has 0 atom stereocenters. The minimum absolute atomic E-state index is 0.116. The number of benzene rings is 6. The second-order valence-electron chi connectivity index (χ2n) is 20.6. The van der Waals surface area contributed by atoms with Crippen LogP contribution >= 0.6 is 0 Å². The lowest BCUT2D eigenvalue weighted by Gasteiger charge is -2.81. The molecule has 0 unspecified atom stereocenters. The topological polar surface area (TPSA) is 0 Å². The Morgan fingerprint density at radius 1 is 0.179 bits per heavy atom. The van der Waals surface area contributed by atoms with Gasteiger partial charge in [0.2, 0.25) is 0 Å². The molecule has 8 aliphatic carbocycles. The van der Waals surface area contributed by atoms with Crippen LogP contribution in [-0.2, 0) is 32.5 Å². The first-order chi connectivity index (χ1) is 27.4. The Morgan fingerprint density at radius 2 is 0.321 bits per heavy atom. The van der Waals surface area contributed by atoms with Crippen molar-refractivity contribution in [3.05, 3.63) is 215 Å². The molecule has 8 bridgehead atoms. The summed E-state index contributed by atoms with van der Waals surface area (Å²) in [5, 5.41) is 0. The lowest BCUT2D eigenvalue weighted by atomic mass is 9.23. The van der Waals surface area contributed by atoms with Crippen LogP contribution < -0.4 is 0 Å². The molecule has 0 spiro atoms. The number of rotatable bonds is 7. The van der Waals surface area contributed by atoms with Gasteiger partial charge in [-0.1, -0.05) is 182 Å². The summed E-state index contributed by atoms with van der Waals surface area (Å²) in [4.78, 5) is 0. The van der Waals surface area contributed by atoms with E-state index in [1.807, 2.05) is 0 Å². The Morgan fingerprint density at radius 3 is 0.464 bits per heavy atom. The fourth-order valence-corrected chi connectivity index (χ4v) is 17.0. The van der Waals surface area contributed by atoms with E-state index in [0.717, 1.165) is 0 Å². The predicted octanol–water partition coefficient (Wildman–Crippen LogP) is 13.3. The minimum atomic E-state index is 0.116. The smallest absolute Gasteiger partial charge is 0.00245 e. The van der Waals surface area contributed by atoms with E-state index in [4.69, 9.17) is 0 Å². The zero-order chi connectivity index (χ0) is 37.2. The van der Waals surface area contributed by atoms with Crippen LogP contribution in [0.15, 0.2) is 182 Å². The summed E-state index contributed by atoms with van der Waals surface area (Å²) in [7, 11) is 0. The zero-order valence-electron chi connectivity index (χ0n) is 32.8. The molecule has 0 aliphatic heterocycles. The van der Waals surface area contributed by atoms with Crippen molar-refractivity contribution in [2.24, 2.45) is 10.8 Å². The molecule has 8 saturated carbocycles. The molecule has 0 heterocycles. The van der Waals surface area contributed by atoms with Crippen molar-refractivity contribution in [1.82, 2.24) is 0 Å².